The van der Waals surface area contributed by atoms with E-state index in [0.29, 0.717) is 32.8 Å². The molecule has 0 atom stereocenters. The minimum absolute atomic E-state index is 0.207. The zero-order valence-corrected chi connectivity index (χ0v) is 19.1. The van der Waals surface area contributed by atoms with Crippen molar-refractivity contribution < 1.29 is 14.3 Å². The van der Waals surface area contributed by atoms with Crippen molar-refractivity contribution in [2.75, 3.05) is 12.4 Å². The third-order valence-corrected chi connectivity index (χ3v) is 5.34. The van der Waals surface area contributed by atoms with E-state index in [9.17, 15) is 4.79 Å². The molecule has 3 aromatic carbocycles. The molecular weight excluding hydrogens is 489 g/mol. The first kappa shape index (κ1) is 22.2. The van der Waals surface area contributed by atoms with E-state index in [1.54, 1.807) is 43.5 Å². The average molecular weight is 507 g/mol. The fourth-order valence-corrected chi connectivity index (χ4v) is 3.56. The normalized spacial score (nSPS) is 10.8. The summed E-state index contributed by atoms with van der Waals surface area (Å²) in [5.41, 5.74) is 2.20. The molecule has 0 saturated heterocycles. The lowest BCUT2D eigenvalue weighted by molar-refractivity contribution is -0.111. The van der Waals surface area contributed by atoms with Crippen LogP contribution in [-0.2, 0) is 11.4 Å². The van der Waals surface area contributed by atoms with Crippen LogP contribution >= 0.6 is 39.1 Å². The number of halogens is 3. The van der Waals surface area contributed by atoms with Crippen LogP contribution in [0.1, 0.15) is 11.1 Å². The maximum atomic E-state index is 12.1. The van der Waals surface area contributed by atoms with E-state index in [-0.39, 0.29) is 12.5 Å². The van der Waals surface area contributed by atoms with Crippen molar-refractivity contribution in [1.82, 2.24) is 0 Å². The minimum atomic E-state index is -0.235. The molecule has 154 valence electrons. The number of anilines is 1. The van der Waals surface area contributed by atoms with Crippen molar-refractivity contribution in [3.05, 3.63) is 92.4 Å². The number of benzene rings is 3. The lowest BCUT2D eigenvalue weighted by Crippen LogP contribution is -2.07. The molecule has 30 heavy (non-hydrogen) atoms. The molecule has 0 aliphatic rings. The van der Waals surface area contributed by atoms with Crippen LogP contribution in [0.15, 0.2) is 71.2 Å². The zero-order valence-electron chi connectivity index (χ0n) is 16.0. The van der Waals surface area contributed by atoms with Crippen molar-refractivity contribution in [2.24, 2.45) is 0 Å². The Labute approximate surface area is 193 Å². The molecule has 0 aliphatic heterocycles. The molecule has 1 N–H and O–H groups in total. The molecule has 0 unspecified atom stereocenters. The quantitative estimate of drug-likeness (QED) is 0.351. The van der Waals surface area contributed by atoms with Crippen molar-refractivity contribution >= 4 is 56.8 Å². The Morgan fingerprint density at radius 1 is 1.03 bits per heavy atom. The van der Waals surface area contributed by atoms with E-state index >= 15 is 0 Å². The van der Waals surface area contributed by atoms with Crippen LogP contribution in [0.2, 0.25) is 10.0 Å². The Morgan fingerprint density at radius 3 is 2.47 bits per heavy atom. The number of methoxy groups -OCH3 is 1. The van der Waals surface area contributed by atoms with E-state index < -0.39 is 0 Å². The highest BCUT2D eigenvalue weighted by atomic mass is 79.9. The van der Waals surface area contributed by atoms with Gasteiger partial charge in [0.1, 0.15) is 6.61 Å². The number of hydrogen-bond acceptors (Lipinski definition) is 3. The van der Waals surface area contributed by atoms with E-state index in [1.807, 2.05) is 30.3 Å². The predicted octanol–water partition coefficient (Wildman–Crippen LogP) is 7.00. The predicted molar refractivity (Wildman–Crippen MR) is 126 cm³/mol. The monoisotopic (exact) mass is 505 g/mol. The topological polar surface area (TPSA) is 47.6 Å². The number of nitrogens with one attached hydrogen (secondary N) is 1. The van der Waals surface area contributed by atoms with Crippen LogP contribution in [0.3, 0.4) is 0 Å². The highest BCUT2D eigenvalue weighted by Gasteiger charge is 2.10. The summed E-state index contributed by atoms with van der Waals surface area (Å²) >= 11 is 15.7. The SMILES string of the molecule is COc1cc(/C=C/C(=O)Nc2cccc(Br)c2)ccc1OCc1c(Cl)cccc1Cl. The molecule has 0 heterocycles. The second-order valence-electron chi connectivity index (χ2n) is 6.23. The number of ether oxygens (including phenoxy) is 2. The minimum Gasteiger partial charge on any atom is -0.493 e. The fourth-order valence-electron chi connectivity index (χ4n) is 2.65. The fraction of sp³-hybridized carbons (Fsp3) is 0.0870. The molecule has 0 aromatic heterocycles. The van der Waals surface area contributed by atoms with Crippen molar-refractivity contribution in [3.8, 4) is 11.5 Å². The van der Waals surface area contributed by atoms with Crippen LogP contribution in [0.5, 0.6) is 11.5 Å². The zero-order chi connectivity index (χ0) is 21.5. The molecule has 7 heteroatoms. The van der Waals surface area contributed by atoms with Crippen LogP contribution in [0.4, 0.5) is 5.69 Å². The number of amides is 1. The third-order valence-electron chi connectivity index (χ3n) is 4.14. The van der Waals surface area contributed by atoms with Crippen LogP contribution < -0.4 is 14.8 Å². The molecular formula is C23H18BrCl2NO3. The van der Waals surface area contributed by atoms with E-state index in [1.165, 1.54) is 6.08 Å². The largest absolute Gasteiger partial charge is 0.493 e. The Balaban J connectivity index is 1.67. The first-order valence-electron chi connectivity index (χ1n) is 8.94. The maximum absolute atomic E-state index is 12.1. The molecule has 0 fully saturated rings. The Hall–Kier alpha value is -2.47. The van der Waals surface area contributed by atoms with Crippen molar-refractivity contribution in [1.29, 1.82) is 0 Å². The van der Waals surface area contributed by atoms with Crippen molar-refractivity contribution in [2.45, 2.75) is 6.61 Å². The maximum Gasteiger partial charge on any atom is 0.248 e. The van der Waals surface area contributed by atoms with E-state index in [0.717, 1.165) is 10.0 Å². The highest BCUT2D eigenvalue weighted by molar-refractivity contribution is 9.10. The van der Waals surface area contributed by atoms with Gasteiger partial charge in [-0.2, -0.15) is 0 Å². The first-order chi connectivity index (χ1) is 14.5. The van der Waals surface area contributed by atoms with Gasteiger partial charge >= 0.3 is 0 Å². The van der Waals surface area contributed by atoms with Gasteiger partial charge in [0.25, 0.3) is 0 Å². The van der Waals surface area contributed by atoms with E-state index in [4.69, 9.17) is 32.7 Å². The van der Waals surface area contributed by atoms with E-state index in [2.05, 4.69) is 21.2 Å². The first-order valence-corrected chi connectivity index (χ1v) is 10.5. The van der Waals surface area contributed by atoms with Gasteiger partial charge in [-0.05, 0) is 54.1 Å². The summed E-state index contributed by atoms with van der Waals surface area (Å²) in [6, 6.07) is 18.1. The summed E-state index contributed by atoms with van der Waals surface area (Å²) in [4.78, 5) is 12.1. The van der Waals surface area contributed by atoms with Gasteiger partial charge < -0.3 is 14.8 Å². The summed E-state index contributed by atoms with van der Waals surface area (Å²) < 4.78 is 12.2. The van der Waals surface area contributed by atoms with Gasteiger partial charge in [0, 0.05) is 31.8 Å². The van der Waals surface area contributed by atoms with Gasteiger partial charge in [0.05, 0.1) is 7.11 Å². The smallest absolute Gasteiger partial charge is 0.248 e. The molecule has 0 bridgehead atoms. The summed E-state index contributed by atoms with van der Waals surface area (Å²) in [6.45, 7) is 0.207. The standard InChI is InChI=1S/C23H18BrCl2NO3/c1-29-22-12-15(9-11-23(28)27-17-5-2-4-16(24)13-17)8-10-21(22)30-14-18-19(25)6-3-7-20(18)26/h2-13H,14H2,1H3,(H,27,28)/b11-9+. The van der Waals surface area contributed by atoms with Gasteiger partial charge in [0.2, 0.25) is 5.91 Å². The number of hydrogen-bond donors (Lipinski definition) is 1. The van der Waals surface area contributed by atoms with Gasteiger partial charge in [-0.1, -0.05) is 57.3 Å². The Morgan fingerprint density at radius 2 is 1.77 bits per heavy atom. The molecule has 4 nitrogen and oxygen atoms in total. The molecule has 0 saturated carbocycles. The third kappa shape index (κ3) is 6.02. The summed E-state index contributed by atoms with van der Waals surface area (Å²) in [7, 11) is 1.55. The van der Waals surface area contributed by atoms with Crippen LogP contribution in [-0.4, -0.2) is 13.0 Å². The van der Waals surface area contributed by atoms with Gasteiger partial charge in [-0.25, -0.2) is 0 Å². The lowest BCUT2D eigenvalue weighted by Gasteiger charge is -2.13. The molecule has 1 amide bonds. The van der Waals surface area contributed by atoms with Crippen LogP contribution in [0, 0.1) is 0 Å². The van der Waals surface area contributed by atoms with Gasteiger partial charge in [0.15, 0.2) is 11.5 Å². The highest BCUT2D eigenvalue weighted by Crippen LogP contribution is 2.31. The average Bonchev–Trinajstić information content (AvgIpc) is 2.72. The van der Waals surface area contributed by atoms with Gasteiger partial charge in [-0.15, -0.1) is 0 Å². The van der Waals surface area contributed by atoms with Crippen LogP contribution in [0.25, 0.3) is 6.08 Å². The van der Waals surface area contributed by atoms with Gasteiger partial charge in [-0.3, -0.25) is 4.79 Å². The molecule has 0 spiro atoms. The second-order valence-corrected chi connectivity index (χ2v) is 7.96. The summed E-state index contributed by atoms with van der Waals surface area (Å²) in [5, 5.41) is 3.88. The molecule has 3 rings (SSSR count). The Kier molecular flexibility index (Phi) is 7.80. The lowest BCUT2D eigenvalue weighted by atomic mass is 10.2. The number of carbonyl (C=O) groups is 1. The Bertz CT molecular complexity index is 1070. The second kappa shape index (κ2) is 10.5. The summed E-state index contributed by atoms with van der Waals surface area (Å²) in [6.07, 6.45) is 3.16. The molecule has 0 aliphatic carbocycles. The number of rotatable bonds is 7. The summed E-state index contributed by atoms with van der Waals surface area (Å²) in [5.74, 6) is 0.845. The molecule has 0 radical (unpaired) electrons. The molecule has 3 aromatic rings. The van der Waals surface area contributed by atoms with Crippen molar-refractivity contribution in [3.63, 3.8) is 0 Å². The number of carbonyl (C=O) groups excluding carboxylic acids is 1.